The number of carbonyl (C=O) groups is 1. The van der Waals surface area contributed by atoms with E-state index in [1.807, 2.05) is 4.90 Å². The standard InChI is InChI=1S/C16H20BrClN2O2.ClH/c17-13-7-11(18)2-4-15(13)22-6-5-16(21)20-8-10-1-3-14(19)12(10)9-20;/h2,4,7,10,12,14H,1,3,5-6,8-9,19H2;1H. The number of hydrogen-bond acceptors (Lipinski definition) is 3. The fourth-order valence-corrected chi connectivity index (χ4v) is 4.31. The van der Waals surface area contributed by atoms with Crippen LogP contribution in [0.25, 0.3) is 0 Å². The van der Waals surface area contributed by atoms with Gasteiger partial charge in [-0.1, -0.05) is 11.6 Å². The molecular formula is C16H21BrCl2N2O2. The second-order valence-electron chi connectivity index (χ2n) is 6.14. The first-order valence-electron chi connectivity index (χ1n) is 7.66. The number of hydrogen-bond donors (Lipinski definition) is 1. The summed E-state index contributed by atoms with van der Waals surface area (Å²) >= 11 is 9.29. The van der Waals surface area contributed by atoms with E-state index in [1.165, 1.54) is 0 Å². The van der Waals surface area contributed by atoms with Crippen LogP contribution in [-0.4, -0.2) is 36.5 Å². The highest BCUT2D eigenvalue weighted by Crippen LogP contribution is 2.37. The summed E-state index contributed by atoms with van der Waals surface area (Å²) in [4.78, 5) is 14.2. The van der Waals surface area contributed by atoms with Crippen LogP contribution in [-0.2, 0) is 4.79 Å². The molecule has 7 heteroatoms. The summed E-state index contributed by atoms with van der Waals surface area (Å²) < 4.78 is 6.46. The number of benzene rings is 1. The number of halogens is 3. The molecule has 3 atom stereocenters. The van der Waals surface area contributed by atoms with Crippen molar-refractivity contribution in [3.05, 3.63) is 27.7 Å². The quantitative estimate of drug-likeness (QED) is 0.806. The van der Waals surface area contributed by atoms with E-state index >= 15 is 0 Å². The van der Waals surface area contributed by atoms with Gasteiger partial charge >= 0.3 is 0 Å². The van der Waals surface area contributed by atoms with Crippen molar-refractivity contribution < 1.29 is 9.53 Å². The number of likely N-dealkylation sites (tertiary alicyclic amines) is 1. The van der Waals surface area contributed by atoms with E-state index in [1.54, 1.807) is 18.2 Å². The van der Waals surface area contributed by atoms with E-state index in [-0.39, 0.29) is 24.4 Å². The molecule has 4 nitrogen and oxygen atoms in total. The van der Waals surface area contributed by atoms with Crippen LogP contribution in [0.4, 0.5) is 0 Å². The average Bonchev–Trinajstić information content (AvgIpc) is 3.04. The molecule has 3 unspecified atom stereocenters. The van der Waals surface area contributed by atoms with E-state index in [2.05, 4.69) is 15.9 Å². The molecule has 1 saturated carbocycles. The van der Waals surface area contributed by atoms with Crippen molar-refractivity contribution in [2.75, 3.05) is 19.7 Å². The third-order valence-corrected chi connectivity index (χ3v) is 5.59. The van der Waals surface area contributed by atoms with Gasteiger partial charge in [-0.15, -0.1) is 12.4 Å². The minimum atomic E-state index is 0. The van der Waals surface area contributed by atoms with Crippen molar-refractivity contribution in [3.63, 3.8) is 0 Å². The minimum absolute atomic E-state index is 0. The molecule has 1 amide bonds. The second kappa shape index (κ2) is 8.06. The maximum absolute atomic E-state index is 12.3. The van der Waals surface area contributed by atoms with Gasteiger partial charge in [0.15, 0.2) is 0 Å². The molecule has 3 rings (SSSR count). The maximum atomic E-state index is 12.3. The minimum Gasteiger partial charge on any atom is -0.492 e. The van der Waals surface area contributed by atoms with Crippen molar-refractivity contribution in [1.29, 1.82) is 0 Å². The summed E-state index contributed by atoms with van der Waals surface area (Å²) in [5.41, 5.74) is 6.11. The summed E-state index contributed by atoms with van der Waals surface area (Å²) in [6.07, 6.45) is 2.65. The van der Waals surface area contributed by atoms with Crippen LogP contribution in [0, 0.1) is 11.8 Å². The molecular weight excluding hydrogens is 403 g/mol. The lowest BCUT2D eigenvalue weighted by molar-refractivity contribution is -0.131. The molecule has 128 valence electrons. The Hall–Kier alpha value is -0.490. The van der Waals surface area contributed by atoms with Crippen LogP contribution in [0.3, 0.4) is 0 Å². The Bertz CT molecular complexity index is 573. The Balaban J connectivity index is 0.00000192. The maximum Gasteiger partial charge on any atom is 0.226 e. The van der Waals surface area contributed by atoms with Crippen LogP contribution in [0.1, 0.15) is 19.3 Å². The molecule has 0 spiro atoms. The number of ether oxygens (including phenoxy) is 1. The average molecular weight is 424 g/mol. The van der Waals surface area contributed by atoms with Gasteiger partial charge < -0.3 is 15.4 Å². The largest absolute Gasteiger partial charge is 0.492 e. The van der Waals surface area contributed by atoms with Crippen molar-refractivity contribution in [2.24, 2.45) is 17.6 Å². The predicted octanol–water partition coefficient (Wildman–Crippen LogP) is 3.49. The van der Waals surface area contributed by atoms with E-state index in [9.17, 15) is 4.79 Å². The summed E-state index contributed by atoms with van der Waals surface area (Å²) in [5.74, 6) is 1.96. The molecule has 2 fully saturated rings. The lowest BCUT2D eigenvalue weighted by Gasteiger charge is -2.19. The summed E-state index contributed by atoms with van der Waals surface area (Å²) in [6.45, 7) is 2.05. The third kappa shape index (κ3) is 4.32. The fraction of sp³-hybridized carbons (Fsp3) is 0.562. The van der Waals surface area contributed by atoms with Crippen LogP contribution in [0.2, 0.25) is 5.02 Å². The molecule has 2 N–H and O–H groups in total. The number of nitrogens with zero attached hydrogens (tertiary/aromatic N) is 1. The SMILES string of the molecule is Cl.NC1CCC2CN(C(=O)CCOc3ccc(Cl)cc3Br)CC12. The predicted molar refractivity (Wildman–Crippen MR) is 97.3 cm³/mol. The van der Waals surface area contributed by atoms with Gasteiger partial charge in [0.25, 0.3) is 0 Å². The smallest absolute Gasteiger partial charge is 0.226 e. The summed E-state index contributed by atoms with van der Waals surface area (Å²) in [5, 5.41) is 0.648. The Morgan fingerprint density at radius 1 is 1.39 bits per heavy atom. The topological polar surface area (TPSA) is 55.6 Å². The fourth-order valence-electron chi connectivity index (χ4n) is 3.51. The monoisotopic (exact) mass is 422 g/mol. The van der Waals surface area contributed by atoms with E-state index < -0.39 is 0 Å². The highest BCUT2D eigenvalue weighted by Gasteiger charge is 2.42. The van der Waals surface area contributed by atoms with E-state index in [0.717, 1.165) is 30.4 Å². The molecule has 0 radical (unpaired) electrons. The molecule has 1 aliphatic heterocycles. The van der Waals surface area contributed by atoms with Crippen molar-refractivity contribution in [2.45, 2.75) is 25.3 Å². The van der Waals surface area contributed by atoms with Crippen LogP contribution in [0.15, 0.2) is 22.7 Å². The van der Waals surface area contributed by atoms with Crippen molar-refractivity contribution in [1.82, 2.24) is 4.90 Å². The second-order valence-corrected chi connectivity index (χ2v) is 7.43. The van der Waals surface area contributed by atoms with Gasteiger partial charge in [-0.2, -0.15) is 0 Å². The molecule has 1 aromatic carbocycles. The van der Waals surface area contributed by atoms with Crippen LogP contribution in [0.5, 0.6) is 5.75 Å². The molecule has 1 heterocycles. The molecule has 0 aromatic heterocycles. The molecule has 1 saturated heterocycles. The van der Waals surface area contributed by atoms with Gasteiger partial charge in [0.1, 0.15) is 5.75 Å². The van der Waals surface area contributed by atoms with Crippen molar-refractivity contribution >= 4 is 45.8 Å². The van der Waals surface area contributed by atoms with Gasteiger partial charge in [-0.3, -0.25) is 4.79 Å². The van der Waals surface area contributed by atoms with Gasteiger partial charge in [0, 0.05) is 24.2 Å². The van der Waals surface area contributed by atoms with Gasteiger partial charge in [0.05, 0.1) is 17.5 Å². The molecule has 2 aliphatic rings. The van der Waals surface area contributed by atoms with Gasteiger partial charge in [0.2, 0.25) is 5.91 Å². The molecule has 0 bridgehead atoms. The Morgan fingerprint density at radius 3 is 2.87 bits per heavy atom. The zero-order valence-corrected chi connectivity index (χ0v) is 15.9. The van der Waals surface area contributed by atoms with Crippen LogP contribution < -0.4 is 10.5 Å². The lowest BCUT2D eigenvalue weighted by atomic mass is 9.98. The van der Waals surface area contributed by atoms with Crippen molar-refractivity contribution in [3.8, 4) is 5.75 Å². The first-order chi connectivity index (χ1) is 10.5. The number of rotatable bonds is 4. The zero-order valence-electron chi connectivity index (χ0n) is 12.7. The number of carbonyl (C=O) groups excluding carboxylic acids is 1. The van der Waals surface area contributed by atoms with Gasteiger partial charge in [-0.05, 0) is 58.8 Å². The molecule has 23 heavy (non-hydrogen) atoms. The number of amides is 1. The Morgan fingerprint density at radius 2 is 2.17 bits per heavy atom. The number of nitrogens with two attached hydrogens (primary N) is 1. The Kier molecular flexibility index (Phi) is 6.60. The molecule has 1 aromatic rings. The zero-order chi connectivity index (χ0) is 15.7. The van der Waals surface area contributed by atoms with Crippen LogP contribution >= 0.6 is 39.9 Å². The Labute approximate surface area is 156 Å². The third-order valence-electron chi connectivity index (χ3n) is 4.73. The highest BCUT2D eigenvalue weighted by atomic mass is 79.9. The van der Waals surface area contributed by atoms with Gasteiger partial charge in [-0.25, -0.2) is 0 Å². The first-order valence-corrected chi connectivity index (χ1v) is 8.83. The normalized spacial score (nSPS) is 25.9. The van der Waals surface area contributed by atoms with E-state index in [0.29, 0.717) is 35.6 Å². The summed E-state index contributed by atoms with van der Waals surface area (Å²) in [7, 11) is 0. The first kappa shape index (κ1) is 18.8. The summed E-state index contributed by atoms with van der Waals surface area (Å²) in [6, 6.07) is 5.62. The lowest BCUT2D eigenvalue weighted by Crippen LogP contribution is -2.34. The molecule has 1 aliphatic carbocycles. The van der Waals surface area contributed by atoms with E-state index in [4.69, 9.17) is 22.1 Å². The highest BCUT2D eigenvalue weighted by molar-refractivity contribution is 9.10. The number of fused-ring (bicyclic) bond motifs is 1.